The van der Waals surface area contributed by atoms with E-state index in [0.29, 0.717) is 5.56 Å². The van der Waals surface area contributed by atoms with Gasteiger partial charge in [0.15, 0.2) is 0 Å². The number of nitro benzene ring substituents is 1. The lowest BCUT2D eigenvalue weighted by Gasteiger charge is -2.00. The summed E-state index contributed by atoms with van der Waals surface area (Å²) < 4.78 is 0. The molecule has 0 fully saturated rings. The van der Waals surface area contributed by atoms with Gasteiger partial charge in [0.05, 0.1) is 10.6 Å². The van der Waals surface area contributed by atoms with Crippen LogP contribution in [0, 0.1) is 10.1 Å². The zero-order valence-corrected chi connectivity index (χ0v) is 11.0. The molecule has 5 heteroatoms. The maximum absolute atomic E-state index is 10.7. The van der Waals surface area contributed by atoms with E-state index in [1.54, 1.807) is 0 Å². The summed E-state index contributed by atoms with van der Waals surface area (Å²) in [6.45, 7) is 2.07. The molecule has 2 aromatic carbocycles. The van der Waals surface area contributed by atoms with Gasteiger partial charge in [0.25, 0.3) is 5.69 Å². The number of hydrogen-bond acceptors (Lipinski definition) is 4. The van der Waals surface area contributed by atoms with Crippen LogP contribution < -0.4 is 0 Å². The highest BCUT2D eigenvalue weighted by atomic mass is 16.6. The first-order chi connectivity index (χ1) is 9.60. The molecule has 0 aromatic heterocycles. The Morgan fingerprint density at radius 1 is 1.25 bits per heavy atom. The predicted molar refractivity (Wildman–Crippen MR) is 77.8 cm³/mol. The molecule has 0 aliphatic rings. The molecule has 0 unspecified atom stereocenters. The summed E-state index contributed by atoms with van der Waals surface area (Å²) in [5, 5.41) is 20.4. The number of phenolic OH excluding ortho intramolecular Hbond substituents is 1. The van der Waals surface area contributed by atoms with Crippen molar-refractivity contribution in [3.8, 4) is 5.75 Å². The summed E-state index contributed by atoms with van der Waals surface area (Å²) in [7, 11) is 0. The van der Waals surface area contributed by atoms with Gasteiger partial charge in [0.2, 0.25) is 0 Å². The molecule has 0 aliphatic heterocycles. The smallest absolute Gasteiger partial charge is 0.270 e. The Kier molecular flexibility index (Phi) is 4.10. The second-order valence-corrected chi connectivity index (χ2v) is 4.28. The van der Waals surface area contributed by atoms with Crippen molar-refractivity contribution >= 4 is 17.6 Å². The van der Waals surface area contributed by atoms with E-state index in [1.807, 2.05) is 24.3 Å². The standard InChI is InChI=1S/C15H14N2O3/c1-2-11-3-5-13(6-4-11)16-10-12-9-14(17(19)20)7-8-15(12)18/h3-10,18H,2H2,1H3. The largest absolute Gasteiger partial charge is 0.507 e. The molecule has 102 valence electrons. The van der Waals surface area contributed by atoms with Gasteiger partial charge < -0.3 is 5.11 Å². The molecule has 0 saturated carbocycles. The number of hydrogen-bond donors (Lipinski definition) is 1. The minimum absolute atomic E-state index is 0.0375. The minimum Gasteiger partial charge on any atom is -0.507 e. The van der Waals surface area contributed by atoms with Crippen molar-refractivity contribution in [2.75, 3.05) is 0 Å². The van der Waals surface area contributed by atoms with E-state index < -0.39 is 4.92 Å². The third kappa shape index (κ3) is 3.20. The Labute approximate surface area is 116 Å². The number of benzene rings is 2. The van der Waals surface area contributed by atoms with Gasteiger partial charge in [-0.3, -0.25) is 15.1 Å². The van der Waals surface area contributed by atoms with E-state index in [2.05, 4.69) is 11.9 Å². The molecule has 0 saturated heterocycles. The van der Waals surface area contributed by atoms with Crippen LogP contribution in [0.1, 0.15) is 18.1 Å². The first-order valence-corrected chi connectivity index (χ1v) is 6.20. The zero-order chi connectivity index (χ0) is 14.5. The van der Waals surface area contributed by atoms with Crippen molar-refractivity contribution in [1.82, 2.24) is 0 Å². The summed E-state index contributed by atoms with van der Waals surface area (Å²) >= 11 is 0. The lowest BCUT2D eigenvalue weighted by atomic mass is 10.1. The van der Waals surface area contributed by atoms with Gasteiger partial charge in [0, 0.05) is 23.9 Å². The Balaban J connectivity index is 2.25. The molecule has 0 aliphatic carbocycles. The molecule has 2 aromatic rings. The van der Waals surface area contributed by atoms with Crippen LogP contribution in [0.25, 0.3) is 0 Å². The molecule has 0 bridgehead atoms. The summed E-state index contributed by atoms with van der Waals surface area (Å²) in [5.74, 6) is -0.0375. The van der Waals surface area contributed by atoms with Crippen molar-refractivity contribution in [2.45, 2.75) is 13.3 Å². The van der Waals surface area contributed by atoms with Crippen molar-refractivity contribution < 1.29 is 10.0 Å². The van der Waals surface area contributed by atoms with E-state index in [1.165, 1.54) is 30.0 Å². The summed E-state index contributed by atoms with van der Waals surface area (Å²) in [5.41, 5.74) is 2.18. The number of phenols is 1. The fourth-order valence-electron chi connectivity index (χ4n) is 1.72. The molecule has 0 radical (unpaired) electrons. The Hall–Kier alpha value is -2.69. The van der Waals surface area contributed by atoms with Gasteiger partial charge in [-0.05, 0) is 30.2 Å². The molecule has 2 rings (SSSR count). The minimum atomic E-state index is -0.507. The Morgan fingerprint density at radius 3 is 2.55 bits per heavy atom. The Bertz CT molecular complexity index is 649. The van der Waals surface area contributed by atoms with E-state index >= 15 is 0 Å². The highest BCUT2D eigenvalue weighted by Crippen LogP contribution is 2.22. The topological polar surface area (TPSA) is 75.7 Å². The van der Waals surface area contributed by atoms with Gasteiger partial charge in [0.1, 0.15) is 5.75 Å². The van der Waals surface area contributed by atoms with Gasteiger partial charge >= 0.3 is 0 Å². The van der Waals surface area contributed by atoms with Crippen LogP contribution in [-0.4, -0.2) is 16.2 Å². The van der Waals surface area contributed by atoms with Crippen molar-refractivity contribution in [2.24, 2.45) is 4.99 Å². The molecule has 0 heterocycles. The summed E-state index contributed by atoms with van der Waals surface area (Å²) in [6, 6.07) is 11.5. The number of nitrogens with zero attached hydrogens (tertiary/aromatic N) is 2. The number of aryl methyl sites for hydroxylation is 1. The first-order valence-electron chi connectivity index (χ1n) is 6.20. The average Bonchev–Trinajstić information content (AvgIpc) is 2.46. The van der Waals surface area contributed by atoms with Crippen LogP contribution in [0.2, 0.25) is 0 Å². The van der Waals surface area contributed by atoms with Crippen molar-refractivity contribution in [3.05, 3.63) is 63.7 Å². The Morgan fingerprint density at radius 2 is 1.95 bits per heavy atom. The summed E-state index contributed by atoms with van der Waals surface area (Å²) in [6.07, 6.45) is 2.37. The lowest BCUT2D eigenvalue weighted by Crippen LogP contribution is -1.90. The molecule has 0 atom stereocenters. The molecular formula is C15H14N2O3. The van der Waals surface area contributed by atoms with E-state index in [-0.39, 0.29) is 11.4 Å². The fourth-order valence-corrected chi connectivity index (χ4v) is 1.72. The number of nitro groups is 1. The number of rotatable bonds is 4. The molecule has 0 amide bonds. The predicted octanol–water partition coefficient (Wildman–Crippen LogP) is 3.61. The molecule has 1 N–H and O–H groups in total. The van der Waals surface area contributed by atoms with Crippen LogP contribution in [0.4, 0.5) is 11.4 Å². The summed E-state index contributed by atoms with van der Waals surface area (Å²) in [4.78, 5) is 14.4. The van der Waals surface area contributed by atoms with Crippen LogP contribution in [-0.2, 0) is 6.42 Å². The zero-order valence-electron chi connectivity index (χ0n) is 11.0. The monoisotopic (exact) mass is 270 g/mol. The van der Waals surface area contributed by atoms with E-state index in [9.17, 15) is 15.2 Å². The normalized spacial score (nSPS) is 10.8. The third-order valence-electron chi connectivity index (χ3n) is 2.92. The van der Waals surface area contributed by atoms with E-state index in [4.69, 9.17) is 0 Å². The molecular weight excluding hydrogens is 256 g/mol. The van der Waals surface area contributed by atoms with Crippen molar-refractivity contribution in [1.29, 1.82) is 0 Å². The molecule has 20 heavy (non-hydrogen) atoms. The van der Waals surface area contributed by atoms with Gasteiger partial charge in [-0.25, -0.2) is 0 Å². The highest BCUT2D eigenvalue weighted by molar-refractivity contribution is 5.86. The first kappa shape index (κ1) is 13.7. The second kappa shape index (κ2) is 5.97. The number of aromatic hydroxyl groups is 1. The SMILES string of the molecule is CCc1ccc(N=Cc2cc([N+](=O)[O-])ccc2O)cc1. The second-order valence-electron chi connectivity index (χ2n) is 4.28. The van der Waals surface area contributed by atoms with Crippen LogP contribution in [0.3, 0.4) is 0 Å². The maximum atomic E-state index is 10.7. The number of non-ortho nitro benzene ring substituents is 1. The van der Waals surface area contributed by atoms with Gasteiger partial charge in [-0.15, -0.1) is 0 Å². The molecule has 5 nitrogen and oxygen atoms in total. The van der Waals surface area contributed by atoms with Crippen LogP contribution in [0.5, 0.6) is 5.75 Å². The molecule has 0 spiro atoms. The maximum Gasteiger partial charge on any atom is 0.270 e. The quantitative estimate of drug-likeness (QED) is 0.523. The fraction of sp³-hybridized carbons (Fsp3) is 0.133. The highest BCUT2D eigenvalue weighted by Gasteiger charge is 2.08. The third-order valence-corrected chi connectivity index (χ3v) is 2.92. The van der Waals surface area contributed by atoms with Crippen LogP contribution in [0.15, 0.2) is 47.5 Å². The van der Waals surface area contributed by atoms with E-state index in [0.717, 1.165) is 12.1 Å². The van der Waals surface area contributed by atoms with Gasteiger partial charge in [-0.1, -0.05) is 19.1 Å². The lowest BCUT2D eigenvalue weighted by molar-refractivity contribution is -0.384. The average molecular weight is 270 g/mol. The van der Waals surface area contributed by atoms with Gasteiger partial charge in [-0.2, -0.15) is 0 Å². The number of aliphatic imine (C=N–C) groups is 1. The van der Waals surface area contributed by atoms with Crippen LogP contribution >= 0.6 is 0 Å². The van der Waals surface area contributed by atoms with Crippen molar-refractivity contribution in [3.63, 3.8) is 0 Å².